The lowest BCUT2D eigenvalue weighted by molar-refractivity contribution is -0.140. The van der Waals surface area contributed by atoms with E-state index in [9.17, 15) is 23.9 Å². The lowest BCUT2D eigenvalue weighted by atomic mass is 9.94. The molecule has 1 N–H and O–H groups in total. The monoisotopic (exact) mass is 456 g/mol. The smallest absolute Gasteiger partial charge is 0.337 e. The summed E-state index contributed by atoms with van der Waals surface area (Å²) in [6.45, 7) is 0.690. The van der Waals surface area contributed by atoms with Gasteiger partial charge in [-0.2, -0.15) is 0 Å². The van der Waals surface area contributed by atoms with E-state index in [1.807, 2.05) is 19.0 Å². The molecule has 1 unspecified atom stereocenters. The number of likely N-dealkylation sites (tertiary alicyclic amines) is 1. The Morgan fingerprint density at radius 1 is 1.09 bits per heavy atom. The highest BCUT2D eigenvalue weighted by atomic mass is 19.1. The molecule has 8 nitrogen and oxygen atoms in total. The first kappa shape index (κ1) is 23.9. The standard InChI is InChI=1S/C24H25FN2O6/c1-26(2)11-12-27-20(14-5-7-15(8-6-14)24(31)33-4)19(22(29)23(27)30)21(28)16-9-10-18(32-3)17(25)13-16/h5-10,13,20,28H,11-12H2,1-4H3. The molecule has 1 saturated heterocycles. The summed E-state index contributed by atoms with van der Waals surface area (Å²) in [4.78, 5) is 40.9. The van der Waals surface area contributed by atoms with Crippen molar-refractivity contribution >= 4 is 23.4 Å². The van der Waals surface area contributed by atoms with E-state index in [-0.39, 0.29) is 23.4 Å². The van der Waals surface area contributed by atoms with Crippen molar-refractivity contribution in [2.24, 2.45) is 0 Å². The number of nitrogens with zero attached hydrogens (tertiary/aromatic N) is 2. The molecule has 2 aromatic rings. The maximum Gasteiger partial charge on any atom is 0.337 e. The summed E-state index contributed by atoms with van der Waals surface area (Å²) >= 11 is 0. The van der Waals surface area contributed by atoms with Crippen molar-refractivity contribution in [3.8, 4) is 5.75 Å². The summed E-state index contributed by atoms with van der Waals surface area (Å²) in [6, 6.07) is 9.07. The van der Waals surface area contributed by atoms with Crippen LogP contribution in [0.4, 0.5) is 4.39 Å². The van der Waals surface area contributed by atoms with Gasteiger partial charge >= 0.3 is 5.97 Å². The van der Waals surface area contributed by atoms with Crippen LogP contribution in [0, 0.1) is 5.82 Å². The van der Waals surface area contributed by atoms with E-state index in [1.54, 1.807) is 12.1 Å². The number of carbonyl (C=O) groups is 3. The number of hydrogen-bond donors (Lipinski definition) is 1. The molecule has 0 bridgehead atoms. The molecule has 2 aromatic carbocycles. The van der Waals surface area contributed by atoms with Gasteiger partial charge in [-0.3, -0.25) is 9.59 Å². The third-order valence-electron chi connectivity index (χ3n) is 5.40. The van der Waals surface area contributed by atoms with Crippen molar-refractivity contribution in [3.05, 3.63) is 70.5 Å². The molecule has 174 valence electrons. The van der Waals surface area contributed by atoms with Crippen molar-refractivity contribution in [1.29, 1.82) is 0 Å². The number of carbonyl (C=O) groups excluding carboxylic acids is 3. The molecule has 1 atom stereocenters. The number of rotatable bonds is 7. The summed E-state index contributed by atoms with van der Waals surface area (Å²) in [6.07, 6.45) is 0. The third kappa shape index (κ3) is 4.73. The van der Waals surface area contributed by atoms with Crippen LogP contribution in [0.5, 0.6) is 5.75 Å². The van der Waals surface area contributed by atoms with Gasteiger partial charge in [-0.1, -0.05) is 12.1 Å². The number of aliphatic hydroxyl groups excluding tert-OH is 1. The molecule has 9 heteroatoms. The Morgan fingerprint density at radius 3 is 2.27 bits per heavy atom. The number of likely N-dealkylation sites (N-methyl/N-ethyl adjacent to an activating group) is 1. The first-order valence-electron chi connectivity index (χ1n) is 10.1. The average molecular weight is 456 g/mol. The number of aliphatic hydroxyl groups is 1. The van der Waals surface area contributed by atoms with Crippen LogP contribution >= 0.6 is 0 Å². The molecule has 0 radical (unpaired) electrons. The highest BCUT2D eigenvalue weighted by Gasteiger charge is 2.46. The number of hydrogen-bond acceptors (Lipinski definition) is 7. The second kappa shape index (κ2) is 9.83. The van der Waals surface area contributed by atoms with Crippen molar-refractivity contribution in [2.45, 2.75) is 6.04 Å². The lowest BCUT2D eigenvalue weighted by Gasteiger charge is -2.26. The summed E-state index contributed by atoms with van der Waals surface area (Å²) in [7, 11) is 6.24. The molecule has 1 aliphatic rings. The van der Waals surface area contributed by atoms with E-state index in [4.69, 9.17) is 9.47 Å². The van der Waals surface area contributed by atoms with Gasteiger partial charge in [0, 0.05) is 18.7 Å². The number of benzene rings is 2. The maximum atomic E-state index is 14.3. The van der Waals surface area contributed by atoms with Crippen LogP contribution in [0.1, 0.15) is 27.5 Å². The van der Waals surface area contributed by atoms with Gasteiger partial charge in [-0.25, -0.2) is 9.18 Å². The molecular formula is C24H25FN2O6. The predicted molar refractivity (Wildman–Crippen MR) is 118 cm³/mol. The van der Waals surface area contributed by atoms with Crippen LogP contribution in [0.25, 0.3) is 5.76 Å². The van der Waals surface area contributed by atoms with Crippen molar-refractivity contribution in [3.63, 3.8) is 0 Å². The average Bonchev–Trinajstić information content (AvgIpc) is 3.06. The van der Waals surface area contributed by atoms with Crippen molar-refractivity contribution in [2.75, 3.05) is 41.4 Å². The quantitative estimate of drug-likeness (QED) is 0.296. The largest absolute Gasteiger partial charge is 0.507 e. The molecule has 0 aliphatic carbocycles. The number of amides is 1. The molecule has 1 aliphatic heterocycles. The van der Waals surface area contributed by atoms with Gasteiger partial charge in [0.25, 0.3) is 11.7 Å². The second-order valence-corrected chi connectivity index (χ2v) is 7.76. The maximum absolute atomic E-state index is 14.3. The van der Waals surface area contributed by atoms with Gasteiger partial charge < -0.3 is 24.4 Å². The molecule has 1 heterocycles. The van der Waals surface area contributed by atoms with Gasteiger partial charge in [-0.05, 0) is 50.0 Å². The summed E-state index contributed by atoms with van der Waals surface area (Å²) in [5, 5.41) is 11.0. The Labute approximate surface area is 190 Å². The minimum atomic E-state index is -0.915. The molecule has 3 rings (SSSR count). The molecule has 33 heavy (non-hydrogen) atoms. The van der Waals surface area contributed by atoms with E-state index in [1.165, 1.54) is 43.4 Å². The zero-order chi connectivity index (χ0) is 24.3. The third-order valence-corrected chi connectivity index (χ3v) is 5.40. The molecule has 1 amide bonds. The van der Waals surface area contributed by atoms with Crippen LogP contribution in [0.3, 0.4) is 0 Å². The van der Waals surface area contributed by atoms with Crippen molar-refractivity contribution in [1.82, 2.24) is 9.80 Å². The van der Waals surface area contributed by atoms with E-state index < -0.39 is 35.3 Å². The lowest BCUT2D eigenvalue weighted by Crippen LogP contribution is -2.35. The topological polar surface area (TPSA) is 96.4 Å². The molecule has 0 spiro atoms. The first-order valence-corrected chi connectivity index (χ1v) is 10.1. The number of methoxy groups -OCH3 is 2. The number of Topliss-reactive ketones (excluding diaryl/α,β-unsaturated/α-hetero) is 1. The van der Waals surface area contributed by atoms with Gasteiger partial charge in [0.05, 0.1) is 31.4 Å². The number of ketones is 1. The molecule has 0 saturated carbocycles. The fraction of sp³-hybridized carbons (Fsp3) is 0.292. The second-order valence-electron chi connectivity index (χ2n) is 7.76. The Morgan fingerprint density at radius 2 is 1.73 bits per heavy atom. The summed E-state index contributed by atoms with van der Waals surface area (Å²) in [5.74, 6) is -3.41. The van der Waals surface area contributed by atoms with E-state index in [0.717, 1.165) is 6.07 Å². The van der Waals surface area contributed by atoms with Crippen LogP contribution in [0.2, 0.25) is 0 Å². The van der Waals surface area contributed by atoms with Crippen molar-refractivity contribution < 1.29 is 33.4 Å². The predicted octanol–water partition coefficient (Wildman–Crippen LogP) is 2.60. The van der Waals surface area contributed by atoms with Gasteiger partial charge in [0.1, 0.15) is 5.76 Å². The SMILES string of the molecule is COC(=O)c1ccc(C2C(=C(O)c3ccc(OC)c(F)c3)C(=O)C(=O)N2CCN(C)C)cc1. The molecule has 1 fully saturated rings. The van der Waals surface area contributed by atoms with E-state index >= 15 is 0 Å². The fourth-order valence-corrected chi connectivity index (χ4v) is 3.65. The number of esters is 1. The van der Waals surface area contributed by atoms with Crippen LogP contribution in [-0.2, 0) is 14.3 Å². The minimum Gasteiger partial charge on any atom is -0.507 e. The number of halogens is 1. The Kier molecular flexibility index (Phi) is 7.13. The summed E-state index contributed by atoms with van der Waals surface area (Å²) < 4.78 is 23.9. The summed E-state index contributed by atoms with van der Waals surface area (Å²) in [5.41, 5.74) is 0.684. The highest BCUT2D eigenvalue weighted by Crippen LogP contribution is 2.39. The fourth-order valence-electron chi connectivity index (χ4n) is 3.65. The molecular weight excluding hydrogens is 431 g/mol. The van der Waals surface area contributed by atoms with E-state index in [2.05, 4.69) is 0 Å². The van der Waals surface area contributed by atoms with E-state index in [0.29, 0.717) is 17.7 Å². The Hall–Kier alpha value is -3.72. The van der Waals surface area contributed by atoms with Gasteiger partial charge in [0.2, 0.25) is 0 Å². The highest BCUT2D eigenvalue weighted by molar-refractivity contribution is 6.46. The number of ether oxygens (including phenoxy) is 2. The van der Waals surface area contributed by atoms with Crippen LogP contribution in [-0.4, -0.2) is 74.0 Å². The first-order chi connectivity index (χ1) is 15.7. The van der Waals surface area contributed by atoms with Crippen LogP contribution < -0.4 is 4.74 Å². The minimum absolute atomic E-state index is 0.0204. The Bertz CT molecular complexity index is 1110. The van der Waals surface area contributed by atoms with Gasteiger partial charge in [-0.15, -0.1) is 0 Å². The zero-order valence-corrected chi connectivity index (χ0v) is 18.8. The molecule has 0 aromatic heterocycles. The zero-order valence-electron chi connectivity index (χ0n) is 18.8. The van der Waals surface area contributed by atoms with Crippen LogP contribution in [0.15, 0.2) is 48.0 Å². The van der Waals surface area contributed by atoms with Gasteiger partial charge in [0.15, 0.2) is 11.6 Å². The normalized spacial score (nSPS) is 17.5. The Balaban J connectivity index is 2.14.